The number of carbonyl (C=O) groups is 4. The number of rotatable bonds is 25. The lowest BCUT2D eigenvalue weighted by atomic mass is 10.0. The number of hydrogen-bond donors (Lipinski definition) is 8. The lowest BCUT2D eigenvalue weighted by Crippen LogP contribution is -2.51. The zero-order valence-corrected chi connectivity index (χ0v) is 53.4. The van der Waals surface area contributed by atoms with Crippen LogP contribution in [-0.2, 0) is 70.9 Å². The summed E-state index contributed by atoms with van der Waals surface area (Å²) in [6.45, 7) is 13.0. The fraction of sp³-hybridized carbons (Fsp3) is 0.500. The van der Waals surface area contributed by atoms with Gasteiger partial charge in [0.1, 0.15) is 12.2 Å². The summed E-state index contributed by atoms with van der Waals surface area (Å²) >= 11 is 0. The molecular weight excluding hydrogens is 1200 g/mol. The maximum Gasteiger partial charge on any atom is 0.407 e. The molecular formula is C64H84N8O16S2. The Kier molecular flexibility index (Phi) is 22.5. The summed E-state index contributed by atoms with van der Waals surface area (Å²) in [5.41, 5.74) is 5.02. The van der Waals surface area contributed by atoms with Crippen LogP contribution in [0.3, 0.4) is 0 Å². The van der Waals surface area contributed by atoms with Gasteiger partial charge in [-0.1, -0.05) is 88.4 Å². The van der Waals surface area contributed by atoms with E-state index < -0.39 is 68.7 Å². The van der Waals surface area contributed by atoms with E-state index in [4.69, 9.17) is 28.4 Å². The number of fused-ring (bicyclic) bond motifs is 4. The average molecular weight is 1290 g/mol. The zero-order valence-electron chi connectivity index (χ0n) is 51.8. The largest absolute Gasteiger partial charge is 0.443 e. The molecule has 0 bridgehead atoms. The number of aliphatic hydroxyl groups is 2. The number of allylic oxidation sites excluding steroid dienone is 1. The van der Waals surface area contributed by atoms with Crippen LogP contribution in [0.4, 0.5) is 21.0 Å². The highest BCUT2D eigenvalue weighted by Gasteiger charge is 2.46. The Hall–Kier alpha value is -6.98. The predicted molar refractivity (Wildman–Crippen MR) is 335 cm³/mol. The molecule has 0 radical (unpaired) electrons. The van der Waals surface area contributed by atoms with E-state index >= 15 is 0 Å². The summed E-state index contributed by atoms with van der Waals surface area (Å²) in [6.07, 6.45) is -2.21. The Morgan fingerprint density at radius 1 is 0.644 bits per heavy atom. The first-order valence-electron chi connectivity index (χ1n) is 30.6. The SMILES string of the molecule is CCNC=C1C(=O)Nc2ccc(S(=O)(=O)N(CC(C)C)CC(O)C(Cc3ccccc3)NC(=O)OC3COC4OCCC34)cc21.CNC(C)=C1C(=O)Nc2ccc(S(=O)(=O)N(CC(C)C)CC(O)C(Cc3ccccc3)NC(=O)OC3COC4OCCC34)cc21. The van der Waals surface area contributed by atoms with Crippen LogP contribution < -0.4 is 31.9 Å². The van der Waals surface area contributed by atoms with Gasteiger partial charge in [0.2, 0.25) is 20.0 Å². The van der Waals surface area contributed by atoms with E-state index in [1.54, 1.807) is 32.3 Å². The van der Waals surface area contributed by atoms with Crippen molar-refractivity contribution in [1.29, 1.82) is 0 Å². The van der Waals surface area contributed by atoms with E-state index in [9.17, 15) is 46.2 Å². The molecule has 0 saturated carbocycles. The molecule has 0 spiro atoms. The molecule has 24 nitrogen and oxygen atoms in total. The molecule has 4 amide bonds. The minimum absolute atomic E-state index is 0.00505. The van der Waals surface area contributed by atoms with Crippen molar-refractivity contribution in [1.82, 2.24) is 29.9 Å². The van der Waals surface area contributed by atoms with Crippen molar-refractivity contribution in [3.8, 4) is 0 Å². The van der Waals surface area contributed by atoms with Gasteiger partial charge in [-0.15, -0.1) is 0 Å². The second-order valence-electron chi connectivity index (χ2n) is 24.1. The lowest BCUT2D eigenvalue weighted by molar-refractivity contribution is -0.111. The fourth-order valence-corrected chi connectivity index (χ4v) is 15.1. The van der Waals surface area contributed by atoms with Crippen LogP contribution in [0.25, 0.3) is 11.1 Å². The molecule has 6 aliphatic rings. The third-order valence-electron chi connectivity index (χ3n) is 16.5. The fourth-order valence-electron chi connectivity index (χ4n) is 11.8. The molecule has 10 atom stereocenters. The van der Waals surface area contributed by atoms with Crippen molar-refractivity contribution in [2.45, 2.75) is 126 Å². The van der Waals surface area contributed by atoms with Crippen LogP contribution in [-0.4, -0.2) is 175 Å². The monoisotopic (exact) mass is 1280 g/mol. The molecule has 26 heteroatoms. The van der Waals surface area contributed by atoms with Crippen LogP contribution in [0.15, 0.2) is 119 Å². The number of ether oxygens (including phenoxy) is 6. The van der Waals surface area contributed by atoms with Gasteiger partial charge in [0, 0.05) is 74.2 Å². The minimum atomic E-state index is -4.13. The molecule has 10 rings (SSSR count). The van der Waals surface area contributed by atoms with E-state index in [1.807, 2.05) is 95.3 Å². The molecule has 4 aromatic rings. The van der Waals surface area contributed by atoms with Gasteiger partial charge in [0.25, 0.3) is 11.8 Å². The number of benzene rings is 4. The number of hydrogen-bond acceptors (Lipinski definition) is 18. The van der Waals surface area contributed by atoms with Crippen LogP contribution in [0, 0.1) is 23.7 Å². The van der Waals surface area contributed by atoms with Crippen LogP contribution in [0.5, 0.6) is 0 Å². The number of alkyl carbamates (subject to hydrolysis) is 2. The number of aliphatic hydroxyl groups excluding tert-OH is 2. The molecule has 6 heterocycles. The summed E-state index contributed by atoms with van der Waals surface area (Å²) < 4.78 is 92.5. The highest BCUT2D eigenvalue weighted by atomic mass is 32.2. The van der Waals surface area contributed by atoms with Gasteiger partial charge < -0.3 is 70.5 Å². The molecule has 4 fully saturated rings. The second kappa shape index (κ2) is 30.0. The normalized spacial score (nSPS) is 23.2. The molecule has 488 valence electrons. The predicted octanol–water partition coefficient (Wildman–Crippen LogP) is 5.39. The van der Waals surface area contributed by atoms with Gasteiger partial charge in [-0.2, -0.15) is 8.61 Å². The average Bonchev–Trinajstić information content (AvgIpc) is 1.54. The smallest absolute Gasteiger partial charge is 0.407 e. The topological polar surface area (TPSA) is 311 Å². The van der Waals surface area contributed by atoms with Gasteiger partial charge in [-0.25, -0.2) is 26.4 Å². The number of amides is 4. The van der Waals surface area contributed by atoms with E-state index in [2.05, 4.69) is 31.9 Å². The van der Waals surface area contributed by atoms with Crippen molar-refractivity contribution in [2.24, 2.45) is 23.7 Å². The Morgan fingerprint density at radius 3 is 1.53 bits per heavy atom. The van der Waals surface area contributed by atoms with Crippen molar-refractivity contribution >= 4 is 66.6 Å². The maximum absolute atomic E-state index is 14.1. The maximum atomic E-state index is 14.1. The highest BCUT2D eigenvalue weighted by Crippen LogP contribution is 2.38. The summed E-state index contributed by atoms with van der Waals surface area (Å²) in [7, 11) is -6.57. The van der Waals surface area contributed by atoms with E-state index in [0.29, 0.717) is 59.1 Å². The van der Waals surface area contributed by atoms with E-state index in [1.165, 1.54) is 32.9 Å². The molecule has 10 unspecified atom stereocenters. The quantitative estimate of drug-likeness (QED) is 0.0386. The number of sulfonamides is 2. The van der Waals surface area contributed by atoms with Crippen molar-refractivity contribution < 1.29 is 74.6 Å². The molecule has 0 aliphatic carbocycles. The number of nitrogens with one attached hydrogen (secondary N) is 6. The highest BCUT2D eigenvalue weighted by molar-refractivity contribution is 7.89. The van der Waals surface area contributed by atoms with Crippen molar-refractivity contribution in [3.63, 3.8) is 0 Å². The van der Waals surface area contributed by atoms with Gasteiger partial charge in [0.15, 0.2) is 12.6 Å². The standard InChI is InChI=1S/2C32H42N4O8S/c1-19(2)16-36(45(40,41)22-10-11-25-24(15-22)29(20(3)33-4)30(38)34-25)17-27(37)26(14-21-8-6-5-7-9-21)35-32(39)44-28-18-43-31-23(28)12-13-42-31;1-4-33-16-25-24-15-22(10-11-26(24)34-30(25)38)45(40,41)36(17-20(2)3)18-28(37)27(14-21-8-6-5-7-9-21)35-32(39)44-29-19-43-31-23(29)12-13-42-31/h5-11,15,19,23,26-28,31,33,37H,12-14,16-18H2,1-4H3,(H,34,38)(H,35,39);5-11,15-16,20,23,27-29,31,33,37H,4,12-14,17-19H2,1-3H3,(H,34,38)(H,35,39). The van der Waals surface area contributed by atoms with Crippen LogP contribution in [0.1, 0.15) is 76.6 Å². The Balaban J connectivity index is 0.000000213. The first-order chi connectivity index (χ1) is 43.0. The van der Waals surface area contributed by atoms with E-state index in [0.717, 1.165) is 24.0 Å². The van der Waals surface area contributed by atoms with Gasteiger partial charge in [-0.3, -0.25) is 9.59 Å². The number of carbonyl (C=O) groups excluding carboxylic acids is 4. The van der Waals surface area contributed by atoms with Crippen LogP contribution in [0.2, 0.25) is 0 Å². The van der Waals surface area contributed by atoms with Gasteiger partial charge >= 0.3 is 12.2 Å². The lowest BCUT2D eigenvalue weighted by Gasteiger charge is -2.31. The van der Waals surface area contributed by atoms with Gasteiger partial charge in [-0.05, 0) is 98.9 Å². The Bertz CT molecular complexity index is 3480. The molecule has 8 N–H and O–H groups in total. The molecule has 0 aromatic heterocycles. The first-order valence-corrected chi connectivity index (χ1v) is 33.5. The first kappa shape index (κ1) is 67.4. The van der Waals surface area contributed by atoms with Crippen molar-refractivity contribution in [3.05, 3.63) is 131 Å². The summed E-state index contributed by atoms with van der Waals surface area (Å²) in [5, 5.41) is 40.2. The minimum Gasteiger partial charge on any atom is -0.443 e. The third-order valence-corrected chi connectivity index (χ3v) is 20.2. The number of nitrogens with zero attached hydrogens (tertiary/aromatic N) is 2. The van der Waals surface area contributed by atoms with Crippen molar-refractivity contribution in [2.75, 3.05) is 76.8 Å². The van der Waals surface area contributed by atoms with Crippen LogP contribution >= 0.6 is 0 Å². The number of anilines is 2. The van der Waals surface area contributed by atoms with Gasteiger partial charge in [0.05, 0.1) is 83.5 Å². The molecule has 90 heavy (non-hydrogen) atoms. The summed E-state index contributed by atoms with van der Waals surface area (Å²) in [5.74, 6) is -0.875. The van der Waals surface area contributed by atoms with E-state index in [-0.39, 0.29) is 110 Å². The molecule has 6 aliphatic heterocycles. The summed E-state index contributed by atoms with van der Waals surface area (Å²) in [6, 6.07) is 25.9. The third kappa shape index (κ3) is 16.2. The molecule has 4 saturated heterocycles. The summed E-state index contributed by atoms with van der Waals surface area (Å²) in [4.78, 5) is 51.4. The Labute approximate surface area is 526 Å². The second-order valence-corrected chi connectivity index (χ2v) is 27.9. The molecule has 4 aromatic carbocycles. The zero-order chi connectivity index (χ0) is 64.4. The Morgan fingerprint density at radius 2 is 1.09 bits per heavy atom.